The number of unbranched alkanes of at least 4 members (excludes halogenated alkanes) is 2. The molecule has 0 saturated carbocycles. The first-order valence-electron chi connectivity index (χ1n) is 4.21. The summed E-state index contributed by atoms with van der Waals surface area (Å²) in [7, 11) is 0. The molecule has 0 aromatic carbocycles. The third kappa shape index (κ3) is 11.0. The van der Waals surface area contributed by atoms with Crippen molar-refractivity contribution in [1.82, 2.24) is 0 Å². The van der Waals surface area contributed by atoms with Gasteiger partial charge in [-0.25, -0.2) is 0 Å². The minimum Gasteiger partial charge on any atom is -0.179 e. The Balaban J connectivity index is 2.69. The van der Waals surface area contributed by atoms with E-state index in [-0.39, 0.29) is 0 Å². The van der Waals surface area contributed by atoms with Crippen molar-refractivity contribution in [2.24, 2.45) is 0 Å². The third-order valence-electron chi connectivity index (χ3n) is 1.39. The van der Waals surface area contributed by atoms with Crippen LogP contribution in [0.15, 0.2) is 0 Å². The van der Waals surface area contributed by atoms with E-state index < -0.39 is 0 Å². The van der Waals surface area contributed by atoms with Crippen LogP contribution in [-0.4, -0.2) is 23.0 Å². The zero-order chi connectivity index (χ0) is 8.36. The van der Waals surface area contributed by atoms with Gasteiger partial charge in [0.15, 0.2) is 0 Å². The minimum atomic E-state index is 1.04. The Hall–Kier alpha value is 1.05. The maximum Gasteiger partial charge on any atom is -0.00672 e. The first kappa shape index (κ1) is 12.0. The van der Waals surface area contributed by atoms with E-state index >= 15 is 0 Å². The molecule has 0 fully saturated rings. The first-order valence-corrected chi connectivity index (χ1v) is 6.63. The molecule has 0 aliphatic rings. The lowest BCUT2D eigenvalue weighted by Crippen LogP contribution is -1.86. The third-order valence-corrected chi connectivity index (χ3v) is 3.18. The maximum atomic E-state index is 4.16. The Kier molecular flexibility index (Phi) is 12.1. The Morgan fingerprint density at radius 3 is 1.55 bits per heavy atom. The highest BCUT2D eigenvalue weighted by molar-refractivity contribution is 7.99. The van der Waals surface area contributed by atoms with Crippen LogP contribution in [0.5, 0.6) is 0 Å². The van der Waals surface area contributed by atoms with E-state index in [4.69, 9.17) is 0 Å². The molecule has 0 aliphatic heterocycles. The number of hydrogen-bond donors (Lipinski definition) is 2. The Labute approximate surface area is 85.7 Å². The van der Waals surface area contributed by atoms with Gasteiger partial charge in [-0.3, -0.25) is 0 Å². The predicted molar refractivity (Wildman–Crippen MR) is 63.5 cm³/mol. The second-order valence-electron chi connectivity index (χ2n) is 2.47. The Morgan fingerprint density at radius 1 is 0.727 bits per heavy atom. The second kappa shape index (κ2) is 11.1. The molecule has 0 bridgehead atoms. The highest BCUT2D eigenvalue weighted by atomic mass is 32.2. The molecular weight excluding hydrogens is 192 g/mol. The molecule has 0 rings (SSSR count). The van der Waals surface area contributed by atoms with Gasteiger partial charge in [0.25, 0.3) is 0 Å². The lowest BCUT2D eigenvalue weighted by atomic mass is 10.4. The molecule has 68 valence electrons. The van der Waals surface area contributed by atoms with Crippen molar-refractivity contribution in [2.45, 2.75) is 25.7 Å². The van der Waals surface area contributed by atoms with Gasteiger partial charge in [0, 0.05) is 0 Å². The van der Waals surface area contributed by atoms with E-state index in [1.165, 1.54) is 37.2 Å². The van der Waals surface area contributed by atoms with E-state index in [1.54, 1.807) is 0 Å². The van der Waals surface area contributed by atoms with Crippen molar-refractivity contribution in [3.05, 3.63) is 0 Å². The highest BCUT2D eigenvalue weighted by Gasteiger charge is 1.89. The summed E-state index contributed by atoms with van der Waals surface area (Å²) in [5, 5.41) is 0. The SMILES string of the molecule is SCCCCSCCCCS. The summed E-state index contributed by atoms with van der Waals surface area (Å²) >= 11 is 10.4. The van der Waals surface area contributed by atoms with E-state index in [2.05, 4.69) is 37.0 Å². The summed E-state index contributed by atoms with van der Waals surface area (Å²) in [6.45, 7) is 0. The fourth-order valence-corrected chi connectivity index (χ4v) is 2.20. The maximum absolute atomic E-state index is 4.16. The van der Waals surface area contributed by atoms with Gasteiger partial charge in [0.2, 0.25) is 0 Å². The van der Waals surface area contributed by atoms with Crippen molar-refractivity contribution in [2.75, 3.05) is 23.0 Å². The molecule has 0 heterocycles. The van der Waals surface area contributed by atoms with Crippen LogP contribution in [0.25, 0.3) is 0 Å². The molecule has 0 atom stereocenters. The zero-order valence-corrected chi connectivity index (χ0v) is 9.56. The van der Waals surface area contributed by atoms with Gasteiger partial charge < -0.3 is 0 Å². The van der Waals surface area contributed by atoms with Crippen molar-refractivity contribution in [3.63, 3.8) is 0 Å². The summed E-state index contributed by atoms with van der Waals surface area (Å²) in [6.07, 6.45) is 5.19. The number of thioether (sulfide) groups is 1. The molecule has 0 N–H and O–H groups in total. The molecule has 0 unspecified atom stereocenters. The largest absolute Gasteiger partial charge is 0.179 e. The van der Waals surface area contributed by atoms with E-state index in [1.807, 2.05) is 0 Å². The van der Waals surface area contributed by atoms with Crippen molar-refractivity contribution < 1.29 is 0 Å². The lowest BCUT2D eigenvalue weighted by molar-refractivity contribution is 0.892. The van der Waals surface area contributed by atoms with E-state index in [9.17, 15) is 0 Å². The number of rotatable bonds is 8. The standard InChI is InChI=1S/C8H18S3/c9-5-1-3-7-11-8-4-2-6-10/h9-10H,1-8H2. The van der Waals surface area contributed by atoms with Crippen LogP contribution >= 0.6 is 37.0 Å². The molecule has 0 aliphatic carbocycles. The van der Waals surface area contributed by atoms with Gasteiger partial charge in [0.1, 0.15) is 0 Å². The summed E-state index contributed by atoms with van der Waals surface area (Å²) < 4.78 is 0. The van der Waals surface area contributed by atoms with Crippen LogP contribution in [0.3, 0.4) is 0 Å². The predicted octanol–water partition coefficient (Wildman–Crippen LogP) is 3.14. The van der Waals surface area contributed by atoms with Gasteiger partial charge in [-0.2, -0.15) is 37.0 Å². The summed E-state index contributed by atoms with van der Waals surface area (Å²) in [4.78, 5) is 0. The van der Waals surface area contributed by atoms with Crippen LogP contribution < -0.4 is 0 Å². The van der Waals surface area contributed by atoms with E-state index in [0.717, 1.165) is 11.5 Å². The van der Waals surface area contributed by atoms with Crippen molar-refractivity contribution in [1.29, 1.82) is 0 Å². The molecular formula is C8H18S3. The van der Waals surface area contributed by atoms with Crippen molar-refractivity contribution >= 4 is 37.0 Å². The molecule has 0 spiro atoms. The second-order valence-corrected chi connectivity index (χ2v) is 4.59. The van der Waals surface area contributed by atoms with Crippen molar-refractivity contribution in [3.8, 4) is 0 Å². The number of hydrogen-bond acceptors (Lipinski definition) is 3. The topological polar surface area (TPSA) is 0 Å². The molecule has 0 nitrogen and oxygen atoms in total. The van der Waals surface area contributed by atoms with Crippen LogP contribution in [0.4, 0.5) is 0 Å². The van der Waals surface area contributed by atoms with E-state index in [0.29, 0.717) is 0 Å². The molecule has 0 aromatic rings. The molecule has 11 heavy (non-hydrogen) atoms. The smallest absolute Gasteiger partial charge is 0.00672 e. The quantitative estimate of drug-likeness (QED) is 0.458. The fourth-order valence-electron chi connectivity index (χ4n) is 0.734. The summed E-state index contributed by atoms with van der Waals surface area (Å²) in [5.74, 6) is 4.70. The summed E-state index contributed by atoms with van der Waals surface area (Å²) in [5.41, 5.74) is 0. The molecule has 0 aromatic heterocycles. The van der Waals surface area contributed by atoms with Gasteiger partial charge in [-0.1, -0.05) is 0 Å². The lowest BCUT2D eigenvalue weighted by Gasteiger charge is -1.98. The highest BCUT2D eigenvalue weighted by Crippen LogP contribution is 2.08. The van der Waals surface area contributed by atoms with Crippen LogP contribution in [0, 0.1) is 0 Å². The monoisotopic (exact) mass is 210 g/mol. The van der Waals surface area contributed by atoms with Crippen LogP contribution in [0.2, 0.25) is 0 Å². The zero-order valence-electron chi connectivity index (χ0n) is 6.96. The molecule has 0 radical (unpaired) electrons. The Bertz CT molecular complexity index is 58.4. The van der Waals surface area contributed by atoms with Crippen LogP contribution in [0.1, 0.15) is 25.7 Å². The average Bonchev–Trinajstić information content (AvgIpc) is 2.03. The normalized spacial score (nSPS) is 10.4. The fraction of sp³-hybridized carbons (Fsp3) is 1.00. The Morgan fingerprint density at radius 2 is 1.18 bits per heavy atom. The van der Waals surface area contributed by atoms with Gasteiger partial charge in [-0.05, 0) is 48.7 Å². The summed E-state index contributed by atoms with van der Waals surface area (Å²) in [6, 6.07) is 0. The van der Waals surface area contributed by atoms with Gasteiger partial charge in [-0.15, -0.1) is 0 Å². The molecule has 0 amide bonds. The average molecular weight is 210 g/mol. The van der Waals surface area contributed by atoms with Crippen LogP contribution in [-0.2, 0) is 0 Å². The molecule has 3 heteroatoms. The first-order chi connectivity index (χ1) is 5.41. The van der Waals surface area contributed by atoms with Gasteiger partial charge in [0.05, 0.1) is 0 Å². The minimum absolute atomic E-state index is 1.04. The molecule has 0 saturated heterocycles. The number of thiol groups is 2. The van der Waals surface area contributed by atoms with Gasteiger partial charge >= 0.3 is 0 Å².